The van der Waals surface area contributed by atoms with Crippen LogP contribution in [-0.2, 0) is 5.60 Å². The summed E-state index contributed by atoms with van der Waals surface area (Å²) < 4.78 is 43.5. The molecule has 3 unspecified atom stereocenters. The topological polar surface area (TPSA) is 40.5 Å². The van der Waals surface area contributed by atoms with Gasteiger partial charge in [0.05, 0.1) is 5.60 Å². The van der Waals surface area contributed by atoms with Gasteiger partial charge in [0.2, 0.25) is 0 Å². The number of nitrogens with zero attached hydrogens (tertiary/aromatic N) is 1. The van der Waals surface area contributed by atoms with Crippen LogP contribution in [0.15, 0.2) is 48.5 Å². The van der Waals surface area contributed by atoms with Crippen LogP contribution in [0.3, 0.4) is 0 Å². The highest BCUT2D eigenvalue weighted by atomic mass is 35.5. The predicted molar refractivity (Wildman–Crippen MR) is 106 cm³/mol. The summed E-state index contributed by atoms with van der Waals surface area (Å²) in [7, 11) is 0. The second kappa shape index (κ2) is 8.86. The molecule has 0 spiro atoms. The lowest BCUT2D eigenvalue weighted by atomic mass is 9.84. The largest absolute Gasteiger partial charge is 0.385 e. The number of carbonyl (C=O) groups is 1. The van der Waals surface area contributed by atoms with Crippen LogP contribution in [0.1, 0.15) is 34.3 Å². The molecule has 29 heavy (non-hydrogen) atoms. The maximum absolute atomic E-state index is 14.6. The van der Waals surface area contributed by atoms with Crippen LogP contribution in [0.4, 0.5) is 13.2 Å². The van der Waals surface area contributed by atoms with Crippen LogP contribution in [0.2, 0.25) is 5.02 Å². The predicted octanol–water partition coefficient (Wildman–Crippen LogP) is 4.79. The smallest absolute Gasteiger partial charge is 0.200 e. The average Bonchev–Trinajstić information content (AvgIpc) is 2.73. The lowest BCUT2D eigenvalue weighted by Gasteiger charge is -2.40. The van der Waals surface area contributed by atoms with E-state index < -0.39 is 30.0 Å². The van der Waals surface area contributed by atoms with Crippen molar-refractivity contribution in [3.63, 3.8) is 0 Å². The van der Waals surface area contributed by atoms with Gasteiger partial charge < -0.3 is 5.11 Å². The fraction of sp³-hybridized carbons (Fsp3) is 0.409. The number of likely N-dealkylation sites (tertiary alicyclic amines) is 1. The zero-order chi connectivity index (χ0) is 21.2. The third-order valence-electron chi connectivity index (χ3n) is 5.48. The summed E-state index contributed by atoms with van der Waals surface area (Å²) in [6.07, 6.45) is -7.15. The molecule has 7 heteroatoms. The SMILES string of the molecule is Cc1ccc(C(=O)C(F)C(F)C(F)N2CCC(O)(c3ccc(Cl)cc3)CC2)cc1. The van der Waals surface area contributed by atoms with Gasteiger partial charge in [0.25, 0.3) is 0 Å². The molecule has 1 saturated heterocycles. The first-order valence-electron chi connectivity index (χ1n) is 9.47. The first kappa shape index (κ1) is 21.8. The Kier molecular flexibility index (Phi) is 6.66. The lowest BCUT2D eigenvalue weighted by Crippen LogP contribution is -2.51. The molecule has 1 aliphatic rings. The molecule has 1 aliphatic heterocycles. The zero-order valence-electron chi connectivity index (χ0n) is 16.0. The average molecular weight is 426 g/mol. The minimum Gasteiger partial charge on any atom is -0.385 e. The Morgan fingerprint density at radius 3 is 2.14 bits per heavy atom. The van der Waals surface area contributed by atoms with Crippen molar-refractivity contribution in [2.24, 2.45) is 0 Å². The highest BCUT2D eigenvalue weighted by Gasteiger charge is 2.42. The van der Waals surface area contributed by atoms with Gasteiger partial charge in [0.1, 0.15) is 0 Å². The third-order valence-corrected chi connectivity index (χ3v) is 5.74. The molecule has 0 aliphatic carbocycles. The highest BCUT2D eigenvalue weighted by Crippen LogP contribution is 2.35. The molecule has 0 saturated carbocycles. The summed E-state index contributed by atoms with van der Waals surface area (Å²) in [5.74, 6) is -1.07. The lowest BCUT2D eigenvalue weighted by molar-refractivity contribution is -0.0795. The van der Waals surface area contributed by atoms with Crippen molar-refractivity contribution in [1.82, 2.24) is 4.90 Å². The number of hydrogen-bond acceptors (Lipinski definition) is 3. The molecule has 1 fully saturated rings. The molecule has 2 aromatic carbocycles. The van der Waals surface area contributed by atoms with E-state index in [0.717, 1.165) is 10.5 Å². The Morgan fingerprint density at radius 2 is 1.59 bits per heavy atom. The van der Waals surface area contributed by atoms with Crippen LogP contribution >= 0.6 is 11.6 Å². The van der Waals surface area contributed by atoms with Gasteiger partial charge in [-0.2, -0.15) is 0 Å². The second-order valence-corrected chi connectivity index (χ2v) is 7.96. The number of aliphatic hydroxyl groups is 1. The maximum Gasteiger partial charge on any atom is 0.200 e. The highest BCUT2D eigenvalue weighted by molar-refractivity contribution is 6.30. The summed E-state index contributed by atoms with van der Waals surface area (Å²) in [5.41, 5.74) is 0.346. The van der Waals surface area contributed by atoms with Crippen molar-refractivity contribution in [3.8, 4) is 0 Å². The fourth-order valence-corrected chi connectivity index (χ4v) is 3.68. The number of piperidine rings is 1. The van der Waals surface area contributed by atoms with E-state index in [1.165, 1.54) is 12.1 Å². The number of rotatable bonds is 6. The van der Waals surface area contributed by atoms with Gasteiger partial charge in [0.15, 0.2) is 24.4 Å². The van der Waals surface area contributed by atoms with E-state index in [2.05, 4.69) is 0 Å². The molecule has 3 nitrogen and oxygen atoms in total. The van der Waals surface area contributed by atoms with Crippen LogP contribution < -0.4 is 0 Å². The monoisotopic (exact) mass is 425 g/mol. The molecule has 1 heterocycles. The summed E-state index contributed by atoms with van der Waals surface area (Å²) >= 11 is 5.86. The third kappa shape index (κ3) is 4.82. The zero-order valence-corrected chi connectivity index (χ0v) is 16.7. The van der Waals surface area contributed by atoms with Gasteiger partial charge in [-0.05, 0) is 37.5 Å². The molecule has 0 radical (unpaired) electrons. The summed E-state index contributed by atoms with van der Waals surface area (Å²) in [4.78, 5) is 13.3. The molecule has 0 aromatic heterocycles. The van der Waals surface area contributed by atoms with Gasteiger partial charge in [-0.25, -0.2) is 13.2 Å². The fourth-order valence-electron chi connectivity index (χ4n) is 3.55. The number of ketones is 1. The summed E-state index contributed by atoms with van der Waals surface area (Å²) in [6.45, 7) is 1.87. The Bertz CT molecular complexity index is 836. The first-order chi connectivity index (χ1) is 13.7. The van der Waals surface area contributed by atoms with Crippen LogP contribution in [-0.4, -0.2) is 47.5 Å². The summed E-state index contributed by atoms with van der Waals surface area (Å²) in [5, 5.41) is 11.4. The van der Waals surface area contributed by atoms with E-state index in [4.69, 9.17) is 11.6 Å². The number of hydrogen-bond donors (Lipinski definition) is 1. The molecule has 2 aromatic rings. The molecule has 156 valence electrons. The van der Waals surface area contributed by atoms with Gasteiger partial charge in [-0.3, -0.25) is 9.69 Å². The van der Waals surface area contributed by atoms with Crippen molar-refractivity contribution >= 4 is 17.4 Å². The number of carbonyl (C=O) groups excluding carboxylic acids is 1. The van der Waals surface area contributed by atoms with Crippen LogP contribution in [0.25, 0.3) is 0 Å². The number of alkyl halides is 3. The number of aryl methyl sites for hydroxylation is 1. The Labute approximate surface area is 173 Å². The molecule has 3 atom stereocenters. The van der Waals surface area contributed by atoms with Crippen molar-refractivity contribution in [2.75, 3.05) is 13.1 Å². The summed E-state index contributed by atoms with van der Waals surface area (Å²) in [6, 6.07) is 12.7. The molecule has 3 rings (SSSR count). The van der Waals surface area contributed by atoms with Gasteiger partial charge in [-0.15, -0.1) is 0 Å². The van der Waals surface area contributed by atoms with Gasteiger partial charge in [0, 0.05) is 23.7 Å². The van der Waals surface area contributed by atoms with E-state index in [0.29, 0.717) is 10.6 Å². The van der Waals surface area contributed by atoms with E-state index in [1.54, 1.807) is 43.3 Å². The van der Waals surface area contributed by atoms with Crippen molar-refractivity contribution in [3.05, 3.63) is 70.2 Å². The standard InChI is InChI=1S/C22H23ClF3NO2/c1-14-2-4-15(5-3-14)20(28)18(24)19(25)21(26)27-12-10-22(29,11-13-27)16-6-8-17(23)9-7-16/h2-9,18-19,21,29H,10-13H2,1H3. The number of halogens is 4. The van der Waals surface area contributed by atoms with Crippen molar-refractivity contribution < 1.29 is 23.1 Å². The van der Waals surface area contributed by atoms with E-state index >= 15 is 0 Å². The number of Topliss-reactive ketones (excluding diaryl/α,β-unsaturated/α-hetero) is 1. The molecular formula is C22H23ClF3NO2. The maximum atomic E-state index is 14.6. The van der Waals surface area contributed by atoms with Crippen LogP contribution in [0, 0.1) is 6.92 Å². The first-order valence-corrected chi connectivity index (χ1v) is 9.85. The Morgan fingerprint density at radius 1 is 1.03 bits per heavy atom. The second-order valence-electron chi connectivity index (χ2n) is 7.52. The molecule has 0 amide bonds. The normalized spacial score (nSPS) is 20.1. The van der Waals surface area contributed by atoms with Crippen molar-refractivity contribution in [1.29, 1.82) is 0 Å². The van der Waals surface area contributed by atoms with Crippen LogP contribution in [0.5, 0.6) is 0 Å². The van der Waals surface area contributed by atoms with E-state index in [9.17, 15) is 23.1 Å². The van der Waals surface area contributed by atoms with Gasteiger partial charge >= 0.3 is 0 Å². The van der Waals surface area contributed by atoms with Crippen molar-refractivity contribution in [2.45, 2.75) is 44.0 Å². The minimum absolute atomic E-state index is 0.00806. The number of benzene rings is 2. The molecule has 0 bridgehead atoms. The minimum atomic E-state index is -2.61. The molecular weight excluding hydrogens is 403 g/mol. The Hall–Kier alpha value is -1.89. The van der Waals surface area contributed by atoms with E-state index in [1.807, 2.05) is 0 Å². The quantitative estimate of drug-likeness (QED) is 0.534. The van der Waals surface area contributed by atoms with E-state index in [-0.39, 0.29) is 31.5 Å². The Balaban J connectivity index is 1.62. The van der Waals surface area contributed by atoms with Gasteiger partial charge in [-0.1, -0.05) is 53.6 Å². The molecule has 1 N–H and O–H groups in total.